The molecule has 1 aromatic carbocycles. The minimum atomic E-state index is -0.996. The van der Waals surface area contributed by atoms with E-state index in [-0.39, 0.29) is 25.0 Å². The van der Waals surface area contributed by atoms with Crippen molar-refractivity contribution in [3.63, 3.8) is 0 Å². The summed E-state index contributed by atoms with van der Waals surface area (Å²) in [6, 6.07) is 6.11. The number of nitrogens with zero attached hydrogens (tertiary/aromatic N) is 3. The quantitative estimate of drug-likeness (QED) is 0.434. The Kier molecular flexibility index (Phi) is 7.17. The van der Waals surface area contributed by atoms with Gasteiger partial charge in [0.15, 0.2) is 0 Å². The summed E-state index contributed by atoms with van der Waals surface area (Å²) in [5, 5.41) is 3.78. The molecule has 0 aliphatic carbocycles. The van der Waals surface area contributed by atoms with E-state index in [0.29, 0.717) is 29.6 Å². The van der Waals surface area contributed by atoms with E-state index in [9.17, 15) is 19.2 Å². The van der Waals surface area contributed by atoms with Gasteiger partial charge in [0.1, 0.15) is 6.54 Å². The average molecular weight is 427 g/mol. The molecule has 0 radical (unpaired) electrons. The summed E-state index contributed by atoms with van der Waals surface area (Å²) < 4.78 is 0. The zero-order chi connectivity index (χ0) is 19.6. The highest BCUT2D eigenvalue weighted by Crippen LogP contribution is 2.25. The average Bonchev–Trinajstić information content (AvgIpc) is 2.86. The highest BCUT2D eigenvalue weighted by molar-refractivity contribution is 6.45. The van der Waals surface area contributed by atoms with Crippen LogP contribution in [-0.4, -0.2) is 71.2 Å². The summed E-state index contributed by atoms with van der Waals surface area (Å²) in [4.78, 5) is 52.2. The molecule has 2 aliphatic rings. The van der Waals surface area contributed by atoms with Crippen LogP contribution in [0.4, 0.5) is 4.79 Å². The maximum Gasteiger partial charge on any atom is 0.335 e. The van der Waals surface area contributed by atoms with Gasteiger partial charge in [-0.25, -0.2) is 9.69 Å². The molecular formula is C18H20Cl2N4O4. The van der Waals surface area contributed by atoms with E-state index < -0.39 is 30.3 Å². The normalized spacial score (nSPS) is 19.7. The standard InChI is InChI=1S/C18H19ClN4O4.ClH/c1-2-7-22-16(25)17(26)23(18(22)27)11-15(24)21-8-6-20-10-14(21)12-4-3-5-13(19)9-12;/h2-5,9,14,20H,1,6-8,10-11H2;1H. The van der Waals surface area contributed by atoms with Crippen molar-refractivity contribution in [1.29, 1.82) is 0 Å². The van der Waals surface area contributed by atoms with Crippen molar-refractivity contribution in [1.82, 2.24) is 20.0 Å². The van der Waals surface area contributed by atoms with Gasteiger partial charge in [-0.1, -0.05) is 29.8 Å². The fraction of sp³-hybridized carbons (Fsp3) is 0.333. The molecule has 1 aromatic rings. The minimum Gasteiger partial charge on any atom is -0.332 e. The number of amides is 5. The molecule has 150 valence electrons. The van der Waals surface area contributed by atoms with Crippen LogP contribution in [0, 0.1) is 0 Å². The Balaban J connectivity index is 0.00000280. The Hall–Kier alpha value is -2.42. The monoisotopic (exact) mass is 426 g/mol. The maximum atomic E-state index is 12.9. The van der Waals surface area contributed by atoms with Crippen LogP contribution >= 0.6 is 24.0 Å². The number of benzene rings is 1. The second kappa shape index (κ2) is 9.18. The first-order valence-corrected chi connectivity index (χ1v) is 8.85. The van der Waals surface area contributed by atoms with Crippen molar-refractivity contribution < 1.29 is 19.2 Å². The molecule has 0 saturated carbocycles. The number of rotatable bonds is 5. The van der Waals surface area contributed by atoms with Crippen molar-refractivity contribution in [3.05, 3.63) is 47.5 Å². The Bertz CT molecular complexity index is 817. The molecule has 2 aliphatic heterocycles. The van der Waals surface area contributed by atoms with E-state index in [2.05, 4.69) is 11.9 Å². The smallest absolute Gasteiger partial charge is 0.332 e. The van der Waals surface area contributed by atoms with Crippen molar-refractivity contribution in [2.75, 3.05) is 32.7 Å². The van der Waals surface area contributed by atoms with Gasteiger partial charge in [-0.2, -0.15) is 0 Å². The molecular weight excluding hydrogens is 407 g/mol. The van der Waals surface area contributed by atoms with Crippen LogP contribution in [0.5, 0.6) is 0 Å². The van der Waals surface area contributed by atoms with Gasteiger partial charge < -0.3 is 10.2 Å². The molecule has 0 bridgehead atoms. The maximum absolute atomic E-state index is 12.9. The molecule has 2 heterocycles. The lowest BCUT2D eigenvalue weighted by molar-refractivity contribution is -0.145. The minimum absolute atomic E-state index is 0. The van der Waals surface area contributed by atoms with E-state index in [1.165, 1.54) is 6.08 Å². The molecule has 1 unspecified atom stereocenters. The highest BCUT2D eigenvalue weighted by atomic mass is 35.5. The number of hydrogen-bond donors (Lipinski definition) is 1. The molecule has 0 aromatic heterocycles. The SMILES string of the molecule is C=CCN1C(=O)C(=O)N(CC(=O)N2CCNCC2c2cccc(Cl)c2)C1=O.Cl. The predicted molar refractivity (Wildman–Crippen MR) is 105 cm³/mol. The largest absolute Gasteiger partial charge is 0.335 e. The fourth-order valence-electron chi connectivity index (χ4n) is 3.22. The number of piperazine rings is 1. The number of carbonyl (C=O) groups excluding carboxylic acids is 4. The highest BCUT2D eigenvalue weighted by Gasteiger charge is 2.45. The number of imide groups is 2. The van der Waals surface area contributed by atoms with Gasteiger partial charge in [-0.05, 0) is 17.7 Å². The van der Waals surface area contributed by atoms with Crippen LogP contribution in [-0.2, 0) is 14.4 Å². The lowest BCUT2D eigenvalue weighted by atomic mass is 10.0. The van der Waals surface area contributed by atoms with Gasteiger partial charge in [0, 0.05) is 31.2 Å². The molecule has 0 spiro atoms. The summed E-state index contributed by atoms with van der Waals surface area (Å²) in [6.45, 7) is 4.43. The zero-order valence-corrected chi connectivity index (χ0v) is 16.5. The number of halogens is 2. The number of hydrogen-bond acceptors (Lipinski definition) is 5. The Morgan fingerprint density at radius 1 is 1.25 bits per heavy atom. The van der Waals surface area contributed by atoms with Crippen molar-refractivity contribution >= 4 is 47.8 Å². The molecule has 1 atom stereocenters. The van der Waals surface area contributed by atoms with Crippen molar-refractivity contribution in [3.8, 4) is 0 Å². The third-order valence-electron chi connectivity index (χ3n) is 4.54. The lowest BCUT2D eigenvalue weighted by Gasteiger charge is -2.37. The third kappa shape index (κ3) is 4.19. The summed E-state index contributed by atoms with van der Waals surface area (Å²) >= 11 is 6.06. The number of carbonyl (C=O) groups is 4. The van der Waals surface area contributed by atoms with Crippen LogP contribution in [0.3, 0.4) is 0 Å². The van der Waals surface area contributed by atoms with E-state index in [0.717, 1.165) is 10.5 Å². The second-order valence-electron chi connectivity index (χ2n) is 6.24. The summed E-state index contributed by atoms with van der Waals surface area (Å²) in [5.41, 5.74) is 0.853. The van der Waals surface area contributed by atoms with Crippen molar-refractivity contribution in [2.45, 2.75) is 6.04 Å². The Labute approximate surface area is 173 Å². The van der Waals surface area contributed by atoms with E-state index in [1.54, 1.807) is 23.1 Å². The van der Waals surface area contributed by atoms with E-state index >= 15 is 0 Å². The molecule has 1 N–H and O–H groups in total. The van der Waals surface area contributed by atoms with Gasteiger partial charge in [0.05, 0.1) is 6.04 Å². The molecule has 28 heavy (non-hydrogen) atoms. The fourth-order valence-corrected chi connectivity index (χ4v) is 3.42. The van der Waals surface area contributed by atoms with E-state index in [1.807, 2.05) is 6.07 Å². The molecule has 10 heteroatoms. The predicted octanol–water partition coefficient (Wildman–Crippen LogP) is 1.21. The molecule has 5 amide bonds. The van der Waals surface area contributed by atoms with Crippen molar-refractivity contribution in [2.24, 2.45) is 0 Å². The van der Waals surface area contributed by atoms with Crippen LogP contribution < -0.4 is 5.32 Å². The topological polar surface area (TPSA) is 90.0 Å². The van der Waals surface area contributed by atoms with Crippen LogP contribution in [0.25, 0.3) is 0 Å². The summed E-state index contributed by atoms with van der Waals surface area (Å²) in [6.07, 6.45) is 1.35. The molecule has 2 saturated heterocycles. The van der Waals surface area contributed by atoms with Crippen LogP contribution in [0.15, 0.2) is 36.9 Å². The van der Waals surface area contributed by atoms with Gasteiger partial charge in [0.2, 0.25) is 5.91 Å². The Morgan fingerprint density at radius 3 is 2.64 bits per heavy atom. The van der Waals surface area contributed by atoms with Crippen LogP contribution in [0.1, 0.15) is 11.6 Å². The summed E-state index contributed by atoms with van der Waals surface area (Å²) in [7, 11) is 0. The van der Waals surface area contributed by atoms with Gasteiger partial charge in [-0.15, -0.1) is 19.0 Å². The van der Waals surface area contributed by atoms with Gasteiger partial charge in [0.25, 0.3) is 0 Å². The lowest BCUT2D eigenvalue weighted by Crippen LogP contribution is -2.52. The molecule has 8 nitrogen and oxygen atoms in total. The first-order chi connectivity index (χ1) is 12.9. The number of nitrogens with one attached hydrogen (secondary N) is 1. The zero-order valence-electron chi connectivity index (χ0n) is 15.0. The third-order valence-corrected chi connectivity index (χ3v) is 4.77. The summed E-state index contributed by atoms with van der Waals surface area (Å²) in [5.74, 6) is -2.35. The Morgan fingerprint density at radius 2 is 1.96 bits per heavy atom. The van der Waals surface area contributed by atoms with Crippen LogP contribution in [0.2, 0.25) is 5.02 Å². The molecule has 3 rings (SSSR count). The van der Waals surface area contributed by atoms with E-state index in [4.69, 9.17) is 11.6 Å². The second-order valence-corrected chi connectivity index (χ2v) is 6.68. The first-order valence-electron chi connectivity index (χ1n) is 8.48. The molecule has 2 fully saturated rings. The van der Waals surface area contributed by atoms with Gasteiger partial charge in [-0.3, -0.25) is 19.3 Å². The first kappa shape index (κ1) is 21.9. The number of urea groups is 1. The van der Waals surface area contributed by atoms with Gasteiger partial charge >= 0.3 is 17.8 Å².